The number of para-hydroxylation sites is 1. The Morgan fingerprint density at radius 3 is 2.93 bits per heavy atom. The molecule has 1 unspecified atom stereocenters. The summed E-state index contributed by atoms with van der Waals surface area (Å²) in [5, 5.41) is 8.08. The van der Waals surface area contributed by atoms with Gasteiger partial charge < -0.3 is 9.26 Å². The Bertz CT molecular complexity index is 1070. The molecule has 2 aromatic heterocycles. The number of rotatable bonds is 3. The van der Waals surface area contributed by atoms with Crippen LogP contribution in [0.5, 0.6) is 0 Å². The summed E-state index contributed by atoms with van der Waals surface area (Å²) in [5.74, 6) is 1.87. The van der Waals surface area contributed by atoms with Crippen LogP contribution in [0.15, 0.2) is 46.3 Å². The highest BCUT2D eigenvalue weighted by Gasteiger charge is 2.44. The molecule has 0 bridgehead atoms. The number of fused-ring (bicyclic) bond motifs is 6. The normalized spacial score (nSPS) is 21.7. The van der Waals surface area contributed by atoms with Crippen LogP contribution in [0.4, 0.5) is 11.8 Å². The SMILES string of the molecule is COC1(c2nc(N3C=NC4c5ccccc5-n5cncc5N43)no2)CCCC1. The van der Waals surface area contributed by atoms with Gasteiger partial charge in [-0.25, -0.2) is 20.0 Å². The second kappa shape index (κ2) is 5.65. The number of imidazole rings is 1. The molecule has 2 aliphatic heterocycles. The molecule has 4 heterocycles. The molecule has 1 aromatic carbocycles. The van der Waals surface area contributed by atoms with E-state index in [9.17, 15) is 0 Å². The molecule has 1 atom stereocenters. The quantitative estimate of drug-likeness (QED) is 0.694. The predicted molar refractivity (Wildman–Crippen MR) is 101 cm³/mol. The number of hydrogen-bond donors (Lipinski definition) is 0. The zero-order valence-corrected chi connectivity index (χ0v) is 15.4. The van der Waals surface area contributed by atoms with Gasteiger partial charge in [0.2, 0.25) is 0 Å². The van der Waals surface area contributed by atoms with Crippen LogP contribution in [-0.2, 0) is 10.3 Å². The highest BCUT2D eigenvalue weighted by atomic mass is 16.5. The van der Waals surface area contributed by atoms with Crippen molar-refractivity contribution < 1.29 is 9.26 Å². The topological polar surface area (TPSA) is 84.8 Å². The lowest BCUT2D eigenvalue weighted by Gasteiger charge is -2.35. The van der Waals surface area contributed by atoms with Gasteiger partial charge in [-0.15, -0.1) is 0 Å². The zero-order chi connectivity index (χ0) is 18.7. The van der Waals surface area contributed by atoms with E-state index in [-0.39, 0.29) is 6.17 Å². The third-order valence-corrected chi connectivity index (χ3v) is 5.92. The number of hydrazine groups is 1. The fourth-order valence-electron chi connectivity index (χ4n) is 4.47. The van der Waals surface area contributed by atoms with Crippen LogP contribution in [0.25, 0.3) is 5.69 Å². The molecule has 0 N–H and O–H groups in total. The summed E-state index contributed by atoms with van der Waals surface area (Å²) in [7, 11) is 1.71. The Labute approximate surface area is 161 Å². The highest BCUT2D eigenvalue weighted by molar-refractivity contribution is 5.85. The van der Waals surface area contributed by atoms with Crippen molar-refractivity contribution in [1.29, 1.82) is 0 Å². The maximum Gasteiger partial charge on any atom is 0.290 e. The number of hydrogen-bond acceptors (Lipinski definition) is 8. The van der Waals surface area contributed by atoms with E-state index in [0.717, 1.165) is 42.8 Å². The molecule has 0 amide bonds. The van der Waals surface area contributed by atoms with Gasteiger partial charge in [0.05, 0.1) is 11.9 Å². The van der Waals surface area contributed by atoms with Crippen LogP contribution in [0.2, 0.25) is 0 Å². The summed E-state index contributed by atoms with van der Waals surface area (Å²) >= 11 is 0. The van der Waals surface area contributed by atoms with Gasteiger partial charge >= 0.3 is 0 Å². The molecular formula is C19H19N7O2. The Morgan fingerprint density at radius 1 is 1.21 bits per heavy atom. The van der Waals surface area contributed by atoms with Crippen molar-refractivity contribution in [2.45, 2.75) is 37.5 Å². The first kappa shape index (κ1) is 15.8. The predicted octanol–water partition coefficient (Wildman–Crippen LogP) is 2.95. The van der Waals surface area contributed by atoms with Crippen molar-refractivity contribution in [2.75, 3.05) is 17.1 Å². The molecule has 0 saturated heterocycles. The van der Waals surface area contributed by atoms with Crippen molar-refractivity contribution in [3.63, 3.8) is 0 Å². The molecule has 1 fully saturated rings. The minimum atomic E-state index is -0.474. The van der Waals surface area contributed by atoms with Crippen LogP contribution < -0.4 is 10.0 Å². The standard InChI is InChI=1S/C19H19N7O2/c1-27-19(8-4-5-9-19)17-22-18(23-28-17)25-12-21-16-13-6-2-3-7-14(13)24-11-20-10-15(24)26(16)25/h2-3,6-7,10-12,16H,4-5,8-9H2,1H3. The molecule has 28 heavy (non-hydrogen) atoms. The fourth-order valence-corrected chi connectivity index (χ4v) is 4.47. The number of aromatic nitrogens is 4. The largest absolute Gasteiger partial charge is 0.368 e. The molecule has 6 rings (SSSR count). The first-order valence-corrected chi connectivity index (χ1v) is 9.43. The Hall–Kier alpha value is -3.20. The van der Waals surface area contributed by atoms with Crippen LogP contribution in [0.1, 0.15) is 43.3 Å². The second-order valence-electron chi connectivity index (χ2n) is 7.31. The lowest BCUT2D eigenvalue weighted by molar-refractivity contribution is -0.0342. The number of ether oxygens (including phenoxy) is 1. The summed E-state index contributed by atoms with van der Waals surface area (Å²) in [6.07, 6.45) is 9.16. The first-order valence-electron chi connectivity index (χ1n) is 9.43. The highest BCUT2D eigenvalue weighted by Crippen LogP contribution is 2.44. The molecule has 3 aliphatic rings. The minimum Gasteiger partial charge on any atom is -0.368 e. The number of benzene rings is 1. The van der Waals surface area contributed by atoms with Crippen molar-refractivity contribution >= 4 is 18.1 Å². The number of aliphatic imine (C=N–C) groups is 1. The van der Waals surface area contributed by atoms with Crippen molar-refractivity contribution in [2.24, 2.45) is 4.99 Å². The number of nitrogens with zero attached hydrogens (tertiary/aromatic N) is 7. The van der Waals surface area contributed by atoms with E-state index in [1.807, 2.05) is 32.9 Å². The Morgan fingerprint density at radius 2 is 2.07 bits per heavy atom. The maximum absolute atomic E-state index is 5.78. The third-order valence-electron chi connectivity index (χ3n) is 5.92. The van der Waals surface area contributed by atoms with E-state index in [2.05, 4.69) is 27.3 Å². The fraction of sp³-hybridized carbons (Fsp3) is 0.368. The smallest absolute Gasteiger partial charge is 0.290 e. The number of methoxy groups -OCH3 is 1. The molecule has 0 radical (unpaired) electrons. The average Bonchev–Trinajstić information content (AvgIpc) is 3.53. The van der Waals surface area contributed by atoms with Gasteiger partial charge in [-0.3, -0.25) is 4.57 Å². The van der Waals surface area contributed by atoms with Crippen LogP contribution >= 0.6 is 0 Å². The summed E-state index contributed by atoms with van der Waals surface area (Å²) < 4.78 is 13.5. The third kappa shape index (κ3) is 1.99. The monoisotopic (exact) mass is 377 g/mol. The van der Waals surface area contributed by atoms with E-state index < -0.39 is 5.60 Å². The van der Waals surface area contributed by atoms with Gasteiger partial charge in [0, 0.05) is 12.7 Å². The van der Waals surface area contributed by atoms with Crippen LogP contribution in [0.3, 0.4) is 0 Å². The van der Waals surface area contributed by atoms with Crippen LogP contribution in [0, 0.1) is 0 Å². The molecular weight excluding hydrogens is 358 g/mol. The molecule has 0 spiro atoms. The molecule has 9 heteroatoms. The average molecular weight is 377 g/mol. The van der Waals surface area contributed by atoms with Gasteiger partial charge in [0.15, 0.2) is 12.0 Å². The van der Waals surface area contributed by atoms with Gasteiger partial charge in [-0.05, 0) is 36.9 Å². The second-order valence-corrected chi connectivity index (χ2v) is 7.31. The maximum atomic E-state index is 5.78. The van der Waals surface area contributed by atoms with Gasteiger partial charge in [0.1, 0.15) is 18.3 Å². The van der Waals surface area contributed by atoms with E-state index in [4.69, 9.17) is 14.3 Å². The van der Waals surface area contributed by atoms with Gasteiger partial charge in [0.25, 0.3) is 11.8 Å². The molecule has 3 aromatic rings. The molecule has 9 nitrogen and oxygen atoms in total. The lowest BCUT2D eigenvalue weighted by atomic mass is 10.0. The zero-order valence-electron chi connectivity index (χ0n) is 15.4. The summed E-state index contributed by atoms with van der Waals surface area (Å²) in [4.78, 5) is 13.7. The van der Waals surface area contributed by atoms with E-state index in [1.165, 1.54) is 0 Å². The van der Waals surface area contributed by atoms with Crippen molar-refractivity contribution in [3.8, 4) is 5.69 Å². The molecule has 1 aliphatic carbocycles. The van der Waals surface area contributed by atoms with Gasteiger partial charge in [-0.2, -0.15) is 4.98 Å². The minimum absolute atomic E-state index is 0.190. The Balaban J connectivity index is 1.41. The van der Waals surface area contributed by atoms with Crippen molar-refractivity contribution in [1.82, 2.24) is 19.7 Å². The first-order chi connectivity index (χ1) is 13.8. The summed E-state index contributed by atoms with van der Waals surface area (Å²) in [6.45, 7) is 0. The van der Waals surface area contributed by atoms with Crippen molar-refractivity contribution in [3.05, 3.63) is 48.2 Å². The van der Waals surface area contributed by atoms with E-state index >= 15 is 0 Å². The van der Waals surface area contributed by atoms with E-state index in [1.54, 1.807) is 19.8 Å². The van der Waals surface area contributed by atoms with Gasteiger partial charge in [-0.1, -0.05) is 18.2 Å². The molecule has 142 valence electrons. The summed E-state index contributed by atoms with van der Waals surface area (Å²) in [6, 6.07) is 8.19. The van der Waals surface area contributed by atoms with E-state index in [0.29, 0.717) is 11.8 Å². The Kier molecular flexibility index (Phi) is 3.19. The summed E-state index contributed by atoms with van der Waals surface area (Å²) in [5.41, 5.74) is 1.70. The van der Waals surface area contributed by atoms with Crippen LogP contribution in [-0.4, -0.2) is 33.1 Å². The molecule has 1 saturated carbocycles. The number of anilines is 2. The lowest BCUT2D eigenvalue weighted by Crippen LogP contribution is -2.43.